The van der Waals surface area contributed by atoms with Gasteiger partial charge in [-0.05, 0) is 71.7 Å². The van der Waals surface area contributed by atoms with Gasteiger partial charge >= 0.3 is 12.1 Å². The van der Waals surface area contributed by atoms with Crippen molar-refractivity contribution in [3.05, 3.63) is 33.7 Å². The van der Waals surface area contributed by atoms with Crippen LogP contribution in [-0.4, -0.2) is 23.3 Å². The molecule has 25 heavy (non-hydrogen) atoms. The summed E-state index contributed by atoms with van der Waals surface area (Å²) < 4.78 is 10.5. The maximum atomic E-state index is 12.4. The molecule has 0 spiro atoms. The minimum absolute atomic E-state index is 0.200. The third-order valence-electron chi connectivity index (χ3n) is 2.80. The first-order valence-electron chi connectivity index (χ1n) is 7.75. The molecule has 0 aliphatic carbocycles. The number of esters is 1. The van der Waals surface area contributed by atoms with Crippen molar-refractivity contribution in [1.29, 1.82) is 0 Å². The van der Waals surface area contributed by atoms with E-state index in [2.05, 4.69) is 15.3 Å². The summed E-state index contributed by atoms with van der Waals surface area (Å²) in [5, 5.41) is 6.10. The molecule has 136 valence electrons. The second kappa shape index (κ2) is 7.44. The molecular formula is C17H24N4O4. The number of carbonyl (C=O) groups excluding carboxylic acids is 2. The van der Waals surface area contributed by atoms with Crippen LogP contribution in [0.15, 0.2) is 17.2 Å². The Labute approximate surface area is 147 Å². The average molecular weight is 348 g/mol. The number of rotatable bonds is 3. The first-order chi connectivity index (χ1) is 11.3. The summed E-state index contributed by atoms with van der Waals surface area (Å²) in [6.07, 6.45) is -0.682. The number of amides is 1. The molecule has 8 nitrogen and oxygen atoms in total. The van der Waals surface area contributed by atoms with E-state index in [1.165, 1.54) is 12.1 Å². The number of benzene rings is 1. The van der Waals surface area contributed by atoms with Crippen molar-refractivity contribution in [3.8, 4) is 0 Å². The zero-order valence-electron chi connectivity index (χ0n) is 15.6. The Morgan fingerprint density at radius 3 is 2.12 bits per heavy atom. The SMILES string of the molecule is Cc1c(N=[N+]=[N-])cc(NC(=O)OC(C)(C)C)cc1C(=O)OC(C)(C)C. The van der Waals surface area contributed by atoms with Gasteiger partial charge in [-0.3, -0.25) is 5.32 Å². The summed E-state index contributed by atoms with van der Waals surface area (Å²) in [4.78, 5) is 27.1. The molecule has 0 radical (unpaired) electrons. The van der Waals surface area contributed by atoms with Crippen LogP contribution in [0.2, 0.25) is 0 Å². The van der Waals surface area contributed by atoms with Crippen molar-refractivity contribution in [2.45, 2.75) is 59.7 Å². The number of anilines is 1. The summed E-state index contributed by atoms with van der Waals surface area (Å²) in [5.41, 5.74) is 8.51. The monoisotopic (exact) mass is 348 g/mol. The summed E-state index contributed by atoms with van der Waals surface area (Å²) >= 11 is 0. The summed E-state index contributed by atoms with van der Waals surface area (Å²) in [6, 6.07) is 2.93. The second-order valence-electron chi connectivity index (χ2n) is 7.49. The maximum absolute atomic E-state index is 12.4. The van der Waals surface area contributed by atoms with E-state index in [1.807, 2.05) is 0 Å². The third-order valence-corrected chi connectivity index (χ3v) is 2.80. The average Bonchev–Trinajstić information content (AvgIpc) is 2.38. The van der Waals surface area contributed by atoms with Crippen LogP contribution in [0.1, 0.15) is 57.5 Å². The maximum Gasteiger partial charge on any atom is 0.412 e. The van der Waals surface area contributed by atoms with Crippen LogP contribution in [0, 0.1) is 6.92 Å². The number of nitrogens with one attached hydrogen (secondary N) is 1. The van der Waals surface area contributed by atoms with E-state index in [4.69, 9.17) is 15.0 Å². The van der Waals surface area contributed by atoms with Crippen molar-refractivity contribution >= 4 is 23.4 Å². The van der Waals surface area contributed by atoms with Gasteiger partial charge in [0.05, 0.1) is 5.56 Å². The Bertz CT molecular complexity index is 723. The van der Waals surface area contributed by atoms with Crippen molar-refractivity contribution in [3.63, 3.8) is 0 Å². The van der Waals surface area contributed by atoms with Crippen LogP contribution in [0.3, 0.4) is 0 Å². The standard InChI is InChI=1S/C17H24N4O4/c1-10-12(14(22)24-16(2,3)4)8-11(9-13(10)20-21-18)19-15(23)25-17(5,6)7/h8-9H,1-7H3,(H,19,23). The van der Waals surface area contributed by atoms with Crippen LogP contribution in [0.4, 0.5) is 16.2 Å². The van der Waals surface area contributed by atoms with Crippen LogP contribution in [0.5, 0.6) is 0 Å². The van der Waals surface area contributed by atoms with E-state index in [-0.39, 0.29) is 16.9 Å². The highest BCUT2D eigenvalue weighted by Gasteiger charge is 2.22. The molecule has 0 fully saturated rings. The number of hydrogen-bond donors (Lipinski definition) is 1. The van der Waals surface area contributed by atoms with Crippen LogP contribution in [0.25, 0.3) is 10.4 Å². The lowest BCUT2D eigenvalue weighted by Gasteiger charge is -2.22. The molecule has 1 rings (SSSR count). The van der Waals surface area contributed by atoms with Gasteiger partial charge in [-0.15, -0.1) is 0 Å². The molecule has 1 aromatic rings. The van der Waals surface area contributed by atoms with E-state index >= 15 is 0 Å². The quantitative estimate of drug-likeness (QED) is 0.348. The second-order valence-corrected chi connectivity index (χ2v) is 7.49. The zero-order chi connectivity index (χ0) is 19.4. The highest BCUT2D eigenvalue weighted by molar-refractivity contribution is 5.96. The van der Waals surface area contributed by atoms with E-state index in [1.54, 1.807) is 48.5 Å². The largest absolute Gasteiger partial charge is 0.456 e. The molecule has 0 aliphatic heterocycles. The third kappa shape index (κ3) is 6.73. The van der Waals surface area contributed by atoms with Gasteiger partial charge in [-0.2, -0.15) is 0 Å². The van der Waals surface area contributed by atoms with Crippen LogP contribution in [-0.2, 0) is 9.47 Å². The molecule has 0 atom stereocenters. The Kier molecular flexibility index (Phi) is 6.05. The van der Waals surface area contributed by atoms with Gasteiger partial charge in [-0.1, -0.05) is 5.11 Å². The number of azide groups is 1. The summed E-state index contributed by atoms with van der Waals surface area (Å²) in [6.45, 7) is 12.1. The molecule has 0 saturated carbocycles. The normalized spacial score (nSPS) is 11.3. The highest BCUT2D eigenvalue weighted by Crippen LogP contribution is 2.29. The van der Waals surface area contributed by atoms with Crippen molar-refractivity contribution in [2.24, 2.45) is 5.11 Å². The number of hydrogen-bond acceptors (Lipinski definition) is 5. The molecule has 1 N–H and O–H groups in total. The fourth-order valence-electron chi connectivity index (χ4n) is 1.89. The summed E-state index contributed by atoms with van der Waals surface area (Å²) in [5.74, 6) is -0.577. The predicted octanol–water partition coefficient (Wildman–Crippen LogP) is 5.24. The summed E-state index contributed by atoms with van der Waals surface area (Å²) in [7, 11) is 0. The molecule has 1 amide bonds. The van der Waals surface area contributed by atoms with Crippen LogP contribution >= 0.6 is 0 Å². The first kappa shape index (κ1) is 20.3. The molecule has 0 aliphatic rings. The minimum Gasteiger partial charge on any atom is -0.456 e. The topological polar surface area (TPSA) is 113 Å². The van der Waals surface area contributed by atoms with E-state index in [0.29, 0.717) is 5.56 Å². The Morgan fingerprint density at radius 1 is 1.08 bits per heavy atom. The van der Waals surface area contributed by atoms with Gasteiger partial charge in [-0.25, -0.2) is 9.59 Å². The molecule has 0 unspecified atom stereocenters. The van der Waals surface area contributed by atoms with Crippen LogP contribution < -0.4 is 5.32 Å². The number of ether oxygens (including phenoxy) is 2. The Balaban J connectivity index is 3.25. The van der Waals surface area contributed by atoms with Gasteiger partial charge in [0.2, 0.25) is 0 Å². The van der Waals surface area contributed by atoms with E-state index in [0.717, 1.165) is 0 Å². The molecule has 8 heteroatoms. The minimum atomic E-state index is -0.684. The van der Waals surface area contributed by atoms with Crippen molar-refractivity contribution in [1.82, 2.24) is 0 Å². The molecule has 1 aromatic carbocycles. The van der Waals surface area contributed by atoms with Crippen molar-refractivity contribution < 1.29 is 19.1 Å². The fourth-order valence-corrected chi connectivity index (χ4v) is 1.89. The van der Waals surface area contributed by atoms with Gasteiger partial charge < -0.3 is 9.47 Å². The molecule has 0 saturated heterocycles. The first-order valence-corrected chi connectivity index (χ1v) is 7.75. The Hall–Kier alpha value is -2.73. The smallest absolute Gasteiger partial charge is 0.412 e. The molecular weight excluding hydrogens is 324 g/mol. The lowest BCUT2D eigenvalue weighted by molar-refractivity contribution is 0.00684. The van der Waals surface area contributed by atoms with Gasteiger partial charge in [0.15, 0.2) is 0 Å². The van der Waals surface area contributed by atoms with E-state index in [9.17, 15) is 9.59 Å². The Morgan fingerprint density at radius 2 is 1.64 bits per heavy atom. The highest BCUT2D eigenvalue weighted by atomic mass is 16.6. The molecule has 0 aromatic heterocycles. The lowest BCUT2D eigenvalue weighted by atomic mass is 10.0. The number of carbonyl (C=O) groups is 2. The lowest BCUT2D eigenvalue weighted by Crippen LogP contribution is -2.27. The van der Waals surface area contributed by atoms with Gasteiger partial charge in [0.1, 0.15) is 11.2 Å². The zero-order valence-corrected chi connectivity index (χ0v) is 15.6. The number of nitrogens with zero attached hydrogens (tertiary/aromatic N) is 3. The van der Waals surface area contributed by atoms with Crippen molar-refractivity contribution in [2.75, 3.05) is 5.32 Å². The predicted molar refractivity (Wildman–Crippen MR) is 95.0 cm³/mol. The van der Waals surface area contributed by atoms with E-state index < -0.39 is 23.3 Å². The van der Waals surface area contributed by atoms with Gasteiger partial charge in [0.25, 0.3) is 0 Å². The van der Waals surface area contributed by atoms with Gasteiger partial charge in [0, 0.05) is 16.3 Å². The molecule has 0 heterocycles. The fraction of sp³-hybridized carbons (Fsp3) is 0.529. The molecule has 0 bridgehead atoms.